The van der Waals surface area contributed by atoms with Gasteiger partial charge in [-0.25, -0.2) is 9.37 Å². The zero-order chi connectivity index (χ0) is 21.5. The average molecular weight is 409 g/mol. The van der Waals surface area contributed by atoms with Gasteiger partial charge in [-0.3, -0.25) is 4.79 Å². The minimum atomic E-state index is -0.899. The molecule has 0 bridgehead atoms. The second-order valence-electron chi connectivity index (χ2n) is 7.60. The van der Waals surface area contributed by atoms with Gasteiger partial charge in [-0.1, -0.05) is 44.4 Å². The number of pyridine rings is 1. The summed E-state index contributed by atoms with van der Waals surface area (Å²) in [6.07, 6.45) is 5.84. The molecule has 30 heavy (non-hydrogen) atoms. The molecule has 0 spiro atoms. The smallest absolute Gasteiger partial charge is 0.323 e. The highest BCUT2D eigenvalue weighted by molar-refractivity contribution is 5.96. The van der Waals surface area contributed by atoms with Crippen molar-refractivity contribution in [1.29, 1.82) is 0 Å². The quantitative estimate of drug-likeness (QED) is 0.413. The van der Waals surface area contributed by atoms with Gasteiger partial charge >= 0.3 is 5.97 Å². The largest absolute Gasteiger partial charge is 0.480 e. The first kappa shape index (κ1) is 21.8. The average Bonchev–Trinajstić information content (AvgIpc) is 2.75. The van der Waals surface area contributed by atoms with Crippen LogP contribution in [0.1, 0.15) is 45.1 Å². The van der Waals surface area contributed by atoms with E-state index in [2.05, 4.69) is 19.1 Å². The van der Waals surface area contributed by atoms with Crippen molar-refractivity contribution in [2.75, 3.05) is 18.0 Å². The fourth-order valence-electron chi connectivity index (χ4n) is 3.72. The summed E-state index contributed by atoms with van der Waals surface area (Å²) in [5, 5.41) is 10.3. The van der Waals surface area contributed by atoms with Crippen molar-refractivity contribution in [2.45, 2.75) is 46.0 Å². The number of hydrogen-bond donors (Lipinski definition) is 1. The van der Waals surface area contributed by atoms with Crippen LogP contribution in [0.25, 0.3) is 22.0 Å². The number of rotatable bonds is 10. The lowest BCUT2D eigenvalue weighted by molar-refractivity contribution is -0.135. The van der Waals surface area contributed by atoms with Crippen molar-refractivity contribution in [3.63, 3.8) is 0 Å². The second kappa shape index (κ2) is 10.2. The lowest BCUT2D eigenvalue weighted by atomic mass is 9.97. The minimum Gasteiger partial charge on any atom is -0.480 e. The first-order valence-corrected chi connectivity index (χ1v) is 10.7. The fourth-order valence-corrected chi connectivity index (χ4v) is 3.72. The van der Waals surface area contributed by atoms with Gasteiger partial charge in [-0.15, -0.1) is 0 Å². The van der Waals surface area contributed by atoms with Crippen LogP contribution in [0.15, 0.2) is 48.5 Å². The number of hydrogen-bond acceptors (Lipinski definition) is 3. The molecule has 0 saturated carbocycles. The molecule has 4 nitrogen and oxygen atoms in total. The number of aryl methyl sites for hydroxylation is 1. The standard InChI is InChI=1S/C25H29FN2O2/c1-3-5-6-7-8-18-9-14-23-22(15-18)21(19-10-12-20(26)13-11-19)16-24(27-23)28(4-2)17-25(29)30/h9-16H,3-8,17H2,1-2H3,(H,29,30). The molecule has 0 aliphatic rings. The van der Waals surface area contributed by atoms with Crippen LogP contribution in [-0.2, 0) is 11.2 Å². The summed E-state index contributed by atoms with van der Waals surface area (Å²) in [4.78, 5) is 17.8. The molecule has 0 atom stereocenters. The van der Waals surface area contributed by atoms with E-state index >= 15 is 0 Å². The number of unbranched alkanes of at least 4 members (excludes halogenated alkanes) is 3. The number of aromatic nitrogens is 1. The van der Waals surface area contributed by atoms with Crippen LogP contribution in [0.4, 0.5) is 10.2 Å². The van der Waals surface area contributed by atoms with Crippen molar-refractivity contribution in [2.24, 2.45) is 0 Å². The van der Waals surface area contributed by atoms with Crippen LogP contribution in [0.3, 0.4) is 0 Å². The van der Waals surface area contributed by atoms with Crippen LogP contribution in [0, 0.1) is 5.82 Å². The molecule has 1 N–H and O–H groups in total. The van der Waals surface area contributed by atoms with Gasteiger partial charge in [-0.05, 0) is 66.8 Å². The molecule has 0 unspecified atom stereocenters. The maximum Gasteiger partial charge on any atom is 0.323 e. The molecule has 1 aromatic heterocycles. The molecule has 0 amide bonds. The van der Waals surface area contributed by atoms with Crippen molar-refractivity contribution < 1.29 is 14.3 Å². The summed E-state index contributed by atoms with van der Waals surface area (Å²) >= 11 is 0. The molecule has 0 radical (unpaired) electrons. The summed E-state index contributed by atoms with van der Waals surface area (Å²) in [7, 11) is 0. The summed E-state index contributed by atoms with van der Waals surface area (Å²) in [5.41, 5.74) is 3.90. The Bertz CT molecular complexity index is 1000. The van der Waals surface area contributed by atoms with Crippen LogP contribution < -0.4 is 4.90 Å². The molecule has 0 aliphatic heterocycles. The Morgan fingerprint density at radius 2 is 1.80 bits per heavy atom. The maximum absolute atomic E-state index is 13.5. The number of halogens is 1. The summed E-state index contributed by atoms with van der Waals surface area (Å²) in [5.74, 6) is -0.568. The number of aliphatic carboxylic acids is 1. The van der Waals surface area contributed by atoms with Gasteiger partial charge in [0.25, 0.3) is 0 Å². The molecule has 0 aliphatic carbocycles. The van der Waals surface area contributed by atoms with Gasteiger partial charge in [0.2, 0.25) is 0 Å². The Hall–Kier alpha value is -2.95. The summed E-state index contributed by atoms with van der Waals surface area (Å²) in [6, 6.07) is 14.6. The highest BCUT2D eigenvalue weighted by Crippen LogP contribution is 2.32. The van der Waals surface area contributed by atoms with Gasteiger partial charge in [0, 0.05) is 11.9 Å². The zero-order valence-corrected chi connectivity index (χ0v) is 17.7. The normalized spacial score (nSPS) is 11.0. The van der Waals surface area contributed by atoms with E-state index in [0.29, 0.717) is 12.4 Å². The summed E-state index contributed by atoms with van der Waals surface area (Å²) < 4.78 is 13.5. The third kappa shape index (κ3) is 5.35. The third-order valence-corrected chi connectivity index (χ3v) is 5.37. The van der Waals surface area contributed by atoms with Gasteiger partial charge in [0.05, 0.1) is 5.52 Å². The second-order valence-corrected chi connectivity index (χ2v) is 7.60. The molecular weight excluding hydrogens is 379 g/mol. The molecule has 2 aromatic carbocycles. The fraction of sp³-hybridized carbons (Fsp3) is 0.360. The van der Waals surface area contributed by atoms with E-state index in [1.54, 1.807) is 17.0 Å². The highest BCUT2D eigenvalue weighted by Gasteiger charge is 2.15. The monoisotopic (exact) mass is 408 g/mol. The van der Waals surface area contributed by atoms with Gasteiger partial charge in [0.1, 0.15) is 18.2 Å². The topological polar surface area (TPSA) is 53.4 Å². The number of anilines is 1. The lowest BCUT2D eigenvalue weighted by Gasteiger charge is -2.21. The van der Waals surface area contributed by atoms with Crippen molar-refractivity contribution >= 4 is 22.7 Å². The Labute approximate surface area is 177 Å². The first-order chi connectivity index (χ1) is 14.5. The molecule has 158 valence electrons. The molecule has 0 fully saturated rings. The van der Waals surface area contributed by atoms with Crippen molar-refractivity contribution in [1.82, 2.24) is 4.98 Å². The van der Waals surface area contributed by atoms with Crippen LogP contribution in [-0.4, -0.2) is 29.1 Å². The SMILES string of the molecule is CCCCCCc1ccc2nc(N(CC)CC(=O)O)cc(-c3ccc(F)cc3)c2c1. The van der Waals surface area contributed by atoms with Crippen LogP contribution in [0.2, 0.25) is 0 Å². The van der Waals surface area contributed by atoms with Crippen molar-refractivity contribution in [3.8, 4) is 11.1 Å². The van der Waals surface area contributed by atoms with E-state index in [4.69, 9.17) is 4.98 Å². The molecule has 3 rings (SSSR count). The van der Waals surface area contributed by atoms with Crippen molar-refractivity contribution in [3.05, 3.63) is 59.9 Å². The Morgan fingerprint density at radius 3 is 2.47 bits per heavy atom. The molecule has 5 heteroatoms. The third-order valence-electron chi connectivity index (χ3n) is 5.37. The Kier molecular flexibility index (Phi) is 7.39. The number of benzene rings is 2. The maximum atomic E-state index is 13.5. The van der Waals surface area contributed by atoms with E-state index in [9.17, 15) is 14.3 Å². The zero-order valence-electron chi connectivity index (χ0n) is 17.7. The Morgan fingerprint density at radius 1 is 1.03 bits per heavy atom. The molecule has 3 aromatic rings. The molecule has 1 heterocycles. The number of carboxylic acid groups (broad SMARTS) is 1. The number of nitrogens with zero attached hydrogens (tertiary/aromatic N) is 2. The predicted molar refractivity (Wildman–Crippen MR) is 121 cm³/mol. The molecular formula is C25H29FN2O2. The number of carbonyl (C=O) groups is 1. The minimum absolute atomic E-state index is 0.118. The highest BCUT2D eigenvalue weighted by atomic mass is 19.1. The van der Waals surface area contributed by atoms with Crippen LogP contribution in [0.5, 0.6) is 0 Å². The van der Waals surface area contributed by atoms with E-state index in [0.717, 1.165) is 34.9 Å². The number of likely N-dealkylation sites (N-methyl/N-ethyl adjacent to an activating group) is 1. The number of fused-ring (bicyclic) bond motifs is 1. The van der Waals surface area contributed by atoms with E-state index in [1.165, 1.54) is 37.0 Å². The Balaban J connectivity index is 2.07. The lowest BCUT2D eigenvalue weighted by Crippen LogP contribution is -2.30. The molecule has 0 saturated heterocycles. The number of carboxylic acids is 1. The van der Waals surface area contributed by atoms with E-state index in [-0.39, 0.29) is 12.4 Å². The summed E-state index contributed by atoms with van der Waals surface area (Å²) in [6.45, 7) is 4.53. The van der Waals surface area contributed by atoms with Crippen LogP contribution >= 0.6 is 0 Å². The van der Waals surface area contributed by atoms with E-state index < -0.39 is 5.97 Å². The predicted octanol–water partition coefficient (Wildman–Crippen LogP) is 6.07. The van der Waals surface area contributed by atoms with E-state index in [1.807, 2.05) is 19.1 Å². The van der Waals surface area contributed by atoms with Gasteiger partial charge in [0.15, 0.2) is 0 Å². The van der Waals surface area contributed by atoms with Gasteiger partial charge in [-0.2, -0.15) is 0 Å². The van der Waals surface area contributed by atoms with Gasteiger partial charge < -0.3 is 10.0 Å². The first-order valence-electron chi connectivity index (χ1n) is 10.7.